The van der Waals surface area contributed by atoms with Gasteiger partial charge in [0.25, 0.3) is 10.0 Å². The van der Waals surface area contributed by atoms with Crippen LogP contribution in [-0.4, -0.2) is 43.5 Å². The Morgan fingerprint density at radius 3 is 2.67 bits per heavy atom. The van der Waals surface area contributed by atoms with E-state index in [1.165, 1.54) is 13.2 Å². The molecule has 1 saturated heterocycles. The zero-order valence-corrected chi connectivity index (χ0v) is 21.7. The maximum Gasteiger partial charge on any atom is 0.337 e. The molecule has 0 aliphatic carbocycles. The van der Waals surface area contributed by atoms with Crippen molar-refractivity contribution in [1.29, 1.82) is 0 Å². The van der Waals surface area contributed by atoms with Gasteiger partial charge in [-0.15, -0.1) is 0 Å². The molecule has 1 aliphatic rings. The van der Waals surface area contributed by atoms with Crippen molar-refractivity contribution in [2.45, 2.75) is 44.3 Å². The van der Waals surface area contributed by atoms with E-state index < -0.39 is 16.0 Å². The van der Waals surface area contributed by atoms with Gasteiger partial charge in [0.05, 0.1) is 12.7 Å². The molecule has 1 fully saturated rings. The number of carbonyl (C=O) groups excluding carboxylic acids is 1. The van der Waals surface area contributed by atoms with Crippen molar-refractivity contribution in [3.05, 3.63) is 71.9 Å². The second-order valence-electron chi connectivity index (χ2n) is 9.60. The van der Waals surface area contributed by atoms with Crippen molar-refractivity contribution < 1.29 is 17.9 Å². The Labute approximate surface area is 212 Å². The van der Waals surface area contributed by atoms with E-state index in [1.807, 2.05) is 12.1 Å². The van der Waals surface area contributed by atoms with Crippen LogP contribution in [0.2, 0.25) is 0 Å². The second-order valence-corrected chi connectivity index (χ2v) is 11.3. The molecular weight excluding hydrogens is 478 g/mol. The lowest BCUT2D eigenvalue weighted by molar-refractivity contribution is 0.0600. The number of carbonyl (C=O) groups is 1. The Hall–Kier alpha value is -3.50. The molecule has 190 valence electrons. The highest BCUT2D eigenvalue weighted by Crippen LogP contribution is 2.37. The number of nitrogens with zero attached hydrogens (tertiary/aromatic N) is 3. The highest BCUT2D eigenvalue weighted by atomic mass is 32.2. The highest BCUT2D eigenvalue weighted by Gasteiger charge is 2.38. The molecule has 0 radical (unpaired) electrons. The van der Waals surface area contributed by atoms with Gasteiger partial charge in [0, 0.05) is 36.1 Å². The number of nitrogens with one attached hydrogen (secondary N) is 2. The van der Waals surface area contributed by atoms with Crippen molar-refractivity contribution in [3.63, 3.8) is 0 Å². The summed E-state index contributed by atoms with van der Waals surface area (Å²) in [5, 5.41) is 2.93. The first kappa shape index (κ1) is 25.6. The molecule has 0 amide bonds. The fourth-order valence-corrected chi connectivity index (χ4v) is 5.61. The minimum absolute atomic E-state index is 0.0614. The molecule has 9 nitrogen and oxygen atoms in total. The number of rotatable bonds is 8. The van der Waals surface area contributed by atoms with E-state index in [-0.39, 0.29) is 17.1 Å². The fourth-order valence-electron chi connectivity index (χ4n) is 4.64. The van der Waals surface area contributed by atoms with E-state index >= 15 is 0 Å². The predicted molar refractivity (Wildman–Crippen MR) is 139 cm³/mol. The number of sulfonamides is 1. The van der Waals surface area contributed by atoms with E-state index in [2.05, 4.69) is 45.7 Å². The maximum atomic E-state index is 13.1. The largest absolute Gasteiger partial charge is 0.465 e. The Morgan fingerprint density at radius 1 is 1.17 bits per heavy atom. The lowest BCUT2D eigenvalue weighted by Crippen LogP contribution is -2.39. The summed E-state index contributed by atoms with van der Waals surface area (Å²) >= 11 is 0. The summed E-state index contributed by atoms with van der Waals surface area (Å²) in [6.07, 6.45) is 2.78. The van der Waals surface area contributed by atoms with E-state index in [0.717, 1.165) is 24.3 Å². The van der Waals surface area contributed by atoms with Crippen molar-refractivity contribution in [3.8, 4) is 0 Å². The van der Waals surface area contributed by atoms with Crippen LogP contribution in [-0.2, 0) is 21.3 Å². The van der Waals surface area contributed by atoms with Crippen LogP contribution < -0.4 is 14.9 Å². The number of pyridine rings is 2. The Bertz CT molecular complexity index is 1360. The van der Waals surface area contributed by atoms with Gasteiger partial charge in [0.1, 0.15) is 11.6 Å². The maximum absolute atomic E-state index is 13.1. The zero-order valence-electron chi connectivity index (χ0n) is 20.9. The number of esters is 1. The minimum atomic E-state index is -3.90. The smallest absolute Gasteiger partial charge is 0.337 e. The van der Waals surface area contributed by atoms with Crippen molar-refractivity contribution >= 4 is 33.3 Å². The molecule has 1 atom stereocenters. The second kappa shape index (κ2) is 10.2. The molecule has 3 aromatic rings. The quantitative estimate of drug-likeness (QED) is 0.436. The lowest BCUT2D eigenvalue weighted by atomic mass is 9.97. The van der Waals surface area contributed by atoms with Crippen LogP contribution in [0.3, 0.4) is 0 Å². The van der Waals surface area contributed by atoms with Gasteiger partial charge in [-0.1, -0.05) is 25.1 Å². The van der Waals surface area contributed by atoms with Gasteiger partial charge in [0.2, 0.25) is 0 Å². The van der Waals surface area contributed by atoms with Gasteiger partial charge in [-0.2, -0.15) is 0 Å². The molecule has 2 aromatic heterocycles. The molecule has 3 heterocycles. The Kier molecular flexibility index (Phi) is 7.28. The lowest BCUT2D eigenvalue weighted by Gasteiger charge is -2.34. The highest BCUT2D eigenvalue weighted by molar-refractivity contribution is 7.89. The average molecular weight is 510 g/mol. The van der Waals surface area contributed by atoms with Gasteiger partial charge >= 0.3 is 5.97 Å². The predicted octanol–water partition coefficient (Wildman–Crippen LogP) is 4.11. The monoisotopic (exact) mass is 509 g/mol. The van der Waals surface area contributed by atoms with Gasteiger partial charge < -0.3 is 15.0 Å². The summed E-state index contributed by atoms with van der Waals surface area (Å²) < 4.78 is 33.6. The summed E-state index contributed by atoms with van der Waals surface area (Å²) in [5.41, 5.74) is 1.69. The van der Waals surface area contributed by atoms with Crippen LogP contribution in [0.1, 0.15) is 43.1 Å². The topological polar surface area (TPSA) is 114 Å². The van der Waals surface area contributed by atoms with Crippen molar-refractivity contribution in [1.82, 2.24) is 14.7 Å². The van der Waals surface area contributed by atoms with E-state index in [1.54, 1.807) is 42.6 Å². The summed E-state index contributed by atoms with van der Waals surface area (Å²) in [6.45, 7) is 7.54. The number of methoxy groups -OCH3 is 1. The summed E-state index contributed by atoms with van der Waals surface area (Å²) in [4.78, 5) is 22.9. The molecule has 4 rings (SSSR count). The molecule has 1 unspecified atom stereocenters. The molecule has 2 N–H and O–H groups in total. The molecule has 1 aromatic carbocycles. The van der Waals surface area contributed by atoms with Crippen LogP contribution in [0, 0.1) is 5.92 Å². The van der Waals surface area contributed by atoms with Crippen LogP contribution >= 0.6 is 0 Å². The van der Waals surface area contributed by atoms with Gasteiger partial charge in [-0.3, -0.25) is 0 Å². The summed E-state index contributed by atoms with van der Waals surface area (Å²) in [6, 6.07) is 15.1. The Balaban J connectivity index is 1.51. The summed E-state index contributed by atoms with van der Waals surface area (Å²) in [7, 11) is -2.59. The molecule has 0 bridgehead atoms. The molecular formula is C26H31N5O4S. The third-order valence-corrected chi connectivity index (χ3v) is 7.51. The van der Waals surface area contributed by atoms with Crippen LogP contribution in [0.15, 0.2) is 65.8 Å². The van der Waals surface area contributed by atoms with E-state index in [0.29, 0.717) is 23.0 Å². The Morgan fingerprint density at radius 2 is 1.94 bits per heavy atom. The van der Waals surface area contributed by atoms with Crippen molar-refractivity contribution in [2.24, 2.45) is 5.92 Å². The molecule has 1 aliphatic heterocycles. The number of benzene rings is 1. The number of hydrogen-bond donors (Lipinski definition) is 2. The van der Waals surface area contributed by atoms with Gasteiger partial charge in [-0.05, 0) is 62.6 Å². The zero-order chi connectivity index (χ0) is 25.9. The number of ether oxygens (including phenoxy) is 1. The molecule has 10 heteroatoms. The first-order valence-electron chi connectivity index (χ1n) is 11.7. The van der Waals surface area contributed by atoms with Crippen LogP contribution in [0.5, 0.6) is 0 Å². The average Bonchev–Trinajstić information content (AvgIpc) is 3.14. The summed E-state index contributed by atoms with van der Waals surface area (Å²) in [5.74, 6) is 1.19. The third kappa shape index (κ3) is 5.66. The normalized spacial score (nSPS) is 17.1. The number of hydrogen-bond acceptors (Lipinski definition) is 8. The number of anilines is 3. The first-order valence-corrected chi connectivity index (χ1v) is 13.2. The van der Waals surface area contributed by atoms with Crippen LogP contribution in [0.25, 0.3) is 0 Å². The first-order chi connectivity index (χ1) is 17.1. The van der Waals surface area contributed by atoms with Gasteiger partial charge in [-0.25, -0.2) is 27.9 Å². The van der Waals surface area contributed by atoms with E-state index in [9.17, 15) is 13.2 Å². The SMILES string of the molecule is COC(=O)c1cccc(Nc2cccc(S(=O)(=O)NCc3cccnc3N3CC(C)CC3(C)C)n2)c1. The van der Waals surface area contributed by atoms with Gasteiger partial charge in [0.15, 0.2) is 5.03 Å². The number of aromatic nitrogens is 2. The van der Waals surface area contributed by atoms with E-state index in [4.69, 9.17) is 4.74 Å². The third-order valence-electron chi connectivity index (χ3n) is 6.20. The molecule has 0 saturated carbocycles. The molecule has 36 heavy (non-hydrogen) atoms. The molecule has 0 spiro atoms. The van der Waals surface area contributed by atoms with Crippen molar-refractivity contribution in [2.75, 3.05) is 23.9 Å². The van der Waals surface area contributed by atoms with Crippen LogP contribution in [0.4, 0.5) is 17.3 Å². The minimum Gasteiger partial charge on any atom is -0.465 e. The fraction of sp³-hybridized carbons (Fsp3) is 0.346. The standard InChI is InChI=1S/C26H31N5O4S/c1-18-15-26(2,3)31(17-18)24-20(9-7-13-27-24)16-28-36(33,34)23-12-6-11-22(30-23)29-21-10-5-8-19(14-21)25(32)35-4/h5-14,18,28H,15-17H2,1-4H3,(H,29,30).